The van der Waals surface area contributed by atoms with Gasteiger partial charge in [-0.15, -0.1) is 0 Å². The lowest BCUT2D eigenvalue weighted by Gasteiger charge is -2.59. The molecule has 2 fully saturated rings. The lowest BCUT2D eigenvalue weighted by molar-refractivity contribution is -0.145. The number of carbonyl (C=O) groups is 1. The number of anilines is 1. The number of likely N-dealkylation sites (tertiary alicyclic amines) is 1. The van der Waals surface area contributed by atoms with E-state index in [9.17, 15) is 18.7 Å². The van der Waals surface area contributed by atoms with E-state index >= 15 is 0 Å². The molecular formula is C26H24F2N2O2. The molecule has 4 nitrogen and oxygen atoms in total. The van der Waals surface area contributed by atoms with Gasteiger partial charge >= 0.3 is 0 Å². The molecule has 1 unspecified atom stereocenters. The van der Waals surface area contributed by atoms with Crippen LogP contribution in [0, 0.1) is 17.0 Å². The first-order valence-electron chi connectivity index (χ1n) is 10.8. The molecule has 1 N–H and O–H groups in total. The normalized spacial score (nSPS) is 20.4. The lowest BCUT2D eigenvalue weighted by atomic mass is 9.62. The number of halogens is 2. The largest absolute Gasteiger partial charge is 0.505 e. The molecule has 1 atom stereocenters. The van der Waals surface area contributed by atoms with Crippen molar-refractivity contribution >= 4 is 11.6 Å². The second kappa shape index (κ2) is 8.02. The Labute approximate surface area is 185 Å². The molecule has 164 valence electrons. The van der Waals surface area contributed by atoms with Crippen LogP contribution in [-0.4, -0.2) is 29.0 Å². The Hall–Kier alpha value is -3.25. The minimum absolute atomic E-state index is 0.0187. The maximum Gasteiger partial charge on any atom is 0.236 e. The molecule has 2 aliphatic rings. The summed E-state index contributed by atoms with van der Waals surface area (Å²) < 4.78 is 27.6. The second-order valence-electron chi connectivity index (χ2n) is 8.65. The summed E-state index contributed by atoms with van der Waals surface area (Å²) in [6.45, 7) is 1.74. The van der Waals surface area contributed by atoms with Crippen LogP contribution in [0.1, 0.15) is 30.0 Å². The molecule has 0 saturated carbocycles. The summed E-state index contributed by atoms with van der Waals surface area (Å²) in [5.74, 6) is -1.29. The Morgan fingerprint density at radius 3 is 2.38 bits per heavy atom. The Bertz CT molecular complexity index is 1140. The summed E-state index contributed by atoms with van der Waals surface area (Å²) in [6.07, 6.45) is 1.29. The monoisotopic (exact) mass is 434 g/mol. The van der Waals surface area contributed by atoms with Crippen molar-refractivity contribution in [3.05, 3.63) is 95.6 Å². The van der Waals surface area contributed by atoms with Crippen LogP contribution in [-0.2, 0) is 11.3 Å². The van der Waals surface area contributed by atoms with E-state index in [4.69, 9.17) is 0 Å². The summed E-state index contributed by atoms with van der Waals surface area (Å²) in [4.78, 5) is 17.3. The number of piperidine rings is 1. The highest BCUT2D eigenvalue weighted by atomic mass is 19.1. The molecule has 0 bridgehead atoms. The molecule has 2 heterocycles. The highest BCUT2D eigenvalue weighted by molar-refractivity contribution is 6.06. The number of amides is 1. The van der Waals surface area contributed by atoms with Crippen LogP contribution >= 0.6 is 0 Å². The molecule has 5 rings (SSSR count). The predicted octanol–water partition coefficient (Wildman–Crippen LogP) is 5.04. The third-order valence-corrected chi connectivity index (χ3v) is 6.84. The number of benzene rings is 3. The maximum absolute atomic E-state index is 13.9. The van der Waals surface area contributed by atoms with Crippen LogP contribution in [0.2, 0.25) is 0 Å². The molecule has 2 aliphatic heterocycles. The first kappa shape index (κ1) is 20.6. The van der Waals surface area contributed by atoms with E-state index in [0.29, 0.717) is 43.7 Å². The van der Waals surface area contributed by atoms with E-state index < -0.39 is 11.2 Å². The quantitative estimate of drug-likeness (QED) is 0.585. The van der Waals surface area contributed by atoms with Crippen LogP contribution in [0.4, 0.5) is 14.5 Å². The minimum Gasteiger partial charge on any atom is -0.505 e. The van der Waals surface area contributed by atoms with E-state index in [1.165, 1.54) is 18.2 Å². The van der Waals surface area contributed by atoms with Gasteiger partial charge in [-0.1, -0.05) is 48.5 Å². The van der Waals surface area contributed by atoms with E-state index in [-0.39, 0.29) is 23.5 Å². The zero-order chi connectivity index (χ0) is 22.3. The van der Waals surface area contributed by atoms with Crippen molar-refractivity contribution in [2.45, 2.75) is 25.4 Å². The van der Waals surface area contributed by atoms with E-state index in [1.807, 2.05) is 30.3 Å². The van der Waals surface area contributed by atoms with Gasteiger partial charge in [0.15, 0.2) is 11.6 Å². The van der Waals surface area contributed by atoms with Crippen molar-refractivity contribution in [2.75, 3.05) is 18.0 Å². The van der Waals surface area contributed by atoms with Crippen molar-refractivity contribution in [1.82, 2.24) is 4.90 Å². The van der Waals surface area contributed by atoms with Crippen LogP contribution in [0.15, 0.2) is 72.8 Å². The first-order chi connectivity index (χ1) is 15.5. The Balaban J connectivity index is 1.40. The maximum atomic E-state index is 13.9. The van der Waals surface area contributed by atoms with Gasteiger partial charge < -0.3 is 10.0 Å². The number of hydrogen-bond acceptors (Lipinski definition) is 3. The van der Waals surface area contributed by atoms with Gasteiger partial charge in [-0.05, 0) is 55.8 Å². The molecule has 0 radical (unpaired) electrons. The van der Waals surface area contributed by atoms with Crippen molar-refractivity contribution in [1.29, 1.82) is 0 Å². The zero-order valence-electron chi connectivity index (χ0n) is 17.5. The number of hydrogen-bond donors (Lipinski definition) is 1. The average molecular weight is 434 g/mol. The fourth-order valence-electron chi connectivity index (χ4n) is 5.18. The second-order valence-corrected chi connectivity index (χ2v) is 8.65. The fourth-order valence-corrected chi connectivity index (χ4v) is 5.18. The van der Waals surface area contributed by atoms with E-state index in [0.717, 1.165) is 5.56 Å². The molecule has 0 aliphatic carbocycles. The van der Waals surface area contributed by atoms with Gasteiger partial charge in [0.05, 0.1) is 11.5 Å². The summed E-state index contributed by atoms with van der Waals surface area (Å²) in [6, 6.07) is 20.4. The smallest absolute Gasteiger partial charge is 0.236 e. The first-order valence-corrected chi connectivity index (χ1v) is 10.8. The number of rotatable bonds is 4. The van der Waals surface area contributed by atoms with Gasteiger partial charge in [-0.2, -0.15) is 0 Å². The summed E-state index contributed by atoms with van der Waals surface area (Å²) in [5, 5.41) is 10.0. The number of para-hydroxylation sites is 1. The van der Waals surface area contributed by atoms with Crippen LogP contribution in [0.5, 0.6) is 5.75 Å². The van der Waals surface area contributed by atoms with Crippen molar-refractivity contribution in [2.24, 2.45) is 5.41 Å². The Kier molecular flexibility index (Phi) is 5.18. The van der Waals surface area contributed by atoms with Crippen LogP contribution < -0.4 is 4.90 Å². The van der Waals surface area contributed by atoms with Gasteiger partial charge in [0.1, 0.15) is 5.82 Å². The Morgan fingerprint density at radius 2 is 1.66 bits per heavy atom. The van der Waals surface area contributed by atoms with Crippen LogP contribution in [0.3, 0.4) is 0 Å². The predicted molar refractivity (Wildman–Crippen MR) is 118 cm³/mol. The molecule has 2 saturated heterocycles. The average Bonchev–Trinajstić information content (AvgIpc) is 2.81. The third kappa shape index (κ3) is 3.35. The van der Waals surface area contributed by atoms with Gasteiger partial charge in [-0.3, -0.25) is 9.69 Å². The number of β-lactam (4-membered cyclic amide) rings is 1. The SMILES string of the molecule is O=C1N(c2cccc(F)c2)C(c2ccccc2)C12CCN(Cc1cccc(F)c1O)CC2. The molecular weight excluding hydrogens is 410 g/mol. The van der Waals surface area contributed by atoms with Gasteiger partial charge in [0, 0.05) is 17.8 Å². The Morgan fingerprint density at radius 1 is 0.938 bits per heavy atom. The van der Waals surface area contributed by atoms with Gasteiger partial charge in [0.2, 0.25) is 5.91 Å². The fraction of sp³-hybridized carbons (Fsp3) is 0.269. The number of phenolic OH excluding ortho intramolecular Hbond substituents is 1. The van der Waals surface area contributed by atoms with Gasteiger partial charge in [0.25, 0.3) is 0 Å². The number of carbonyl (C=O) groups excluding carboxylic acids is 1. The molecule has 32 heavy (non-hydrogen) atoms. The van der Waals surface area contributed by atoms with Crippen molar-refractivity contribution in [3.63, 3.8) is 0 Å². The highest BCUT2D eigenvalue weighted by Gasteiger charge is 2.61. The standard InChI is InChI=1S/C26H24F2N2O2/c27-20-9-5-10-21(16-20)30-24(18-6-2-1-3-7-18)26(25(30)32)12-14-29(15-13-26)17-19-8-4-11-22(28)23(19)31/h1-11,16,24,31H,12-15,17H2. The summed E-state index contributed by atoms with van der Waals surface area (Å²) >= 11 is 0. The zero-order valence-corrected chi connectivity index (χ0v) is 17.5. The molecule has 0 aromatic heterocycles. The molecule has 1 spiro atoms. The number of phenols is 1. The van der Waals surface area contributed by atoms with Gasteiger partial charge in [-0.25, -0.2) is 8.78 Å². The molecule has 6 heteroatoms. The highest BCUT2D eigenvalue weighted by Crippen LogP contribution is 2.57. The minimum atomic E-state index is -0.625. The summed E-state index contributed by atoms with van der Waals surface area (Å²) in [7, 11) is 0. The van der Waals surface area contributed by atoms with Crippen LogP contribution in [0.25, 0.3) is 0 Å². The number of aromatic hydroxyl groups is 1. The molecule has 3 aromatic rings. The third-order valence-electron chi connectivity index (χ3n) is 6.84. The lowest BCUT2D eigenvalue weighted by Crippen LogP contribution is -2.66. The number of nitrogens with zero attached hydrogens (tertiary/aromatic N) is 2. The topological polar surface area (TPSA) is 43.8 Å². The summed E-state index contributed by atoms with van der Waals surface area (Å²) in [5.41, 5.74) is 1.60. The molecule has 1 amide bonds. The van der Waals surface area contributed by atoms with Crippen molar-refractivity contribution in [3.8, 4) is 5.75 Å². The molecule has 3 aromatic carbocycles. The van der Waals surface area contributed by atoms with Crippen molar-refractivity contribution < 1.29 is 18.7 Å². The van der Waals surface area contributed by atoms with E-state index in [1.54, 1.807) is 29.2 Å². The van der Waals surface area contributed by atoms with E-state index in [2.05, 4.69) is 4.90 Å².